The zero-order chi connectivity index (χ0) is 26.4. The monoisotopic (exact) mass is 518 g/mol. The van der Waals surface area contributed by atoms with Crippen molar-refractivity contribution in [3.05, 3.63) is 79.8 Å². The second kappa shape index (κ2) is 11.6. The minimum absolute atomic E-state index is 0.0392. The van der Waals surface area contributed by atoms with Crippen molar-refractivity contribution in [1.29, 1.82) is 0 Å². The molecule has 1 heterocycles. The second-order valence-corrected chi connectivity index (χ2v) is 8.60. The Kier molecular flexibility index (Phi) is 8.59. The summed E-state index contributed by atoms with van der Waals surface area (Å²) in [5.74, 6) is -2.58. The van der Waals surface area contributed by atoms with Gasteiger partial charge in [0, 0.05) is 23.2 Å². The SMILES string of the molecule is CC(C)Oc1ccc(Nc2nc(=O)n(CC(=O)CCC(=O)O)c(=O)n2Cc2ccc(Cl)cc2)cc1F. The largest absolute Gasteiger partial charge is 0.488 e. The Morgan fingerprint density at radius 1 is 1.11 bits per heavy atom. The van der Waals surface area contributed by atoms with Crippen LogP contribution >= 0.6 is 11.6 Å². The zero-order valence-electron chi connectivity index (χ0n) is 19.5. The molecule has 0 aliphatic rings. The molecule has 36 heavy (non-hydrogen) atoms. The predicted octanol–water partition coefficient (Wildman–Crippen LogP) is 3.21. The highest BCUT2D eigenvalue weighted by Crippen LogP contribution is 2.24. The molecule has 190 valence electrons. The van der Waals surface area contributed by atoms with E-state index in [1.54, 1.807) is 38.1 Å². The Morgan fingerprint density at radius 3 is 2.42 bits per heavy atom. The molecule has 0 fully saturated rings. The number of benzene rings is 2. The van der Waals surface area contributed by atoms with Crippen LogP contribution in [-0.2, 0) is 22.7 Å². The van der Waals surface area contributed by atoms with Gasteiger partial charge in [0.2, 0.25) is 5.95 Å². The number of hydrogen-bond acceptors (Lipinski definition) is 7. The summed E-state index contributed by atoms with van der Waals surface area (Å²) in [6.45, 7) is 2.83. The van der Waals surface area contributed by atoms with Gasteiger partial charge in [0.05, 0.1) is 25.6 Å². The third-order valence-electron chi connectivity index (χ3n) is 4.91. The Balaban J connectivity index is 2.00. The van der Waals surface area contributed by atoms with Crippen LogP contribution in [0.25, 0.3) is 0 Å². The lowest BCUT2D eigenvalue weighted by Gasteiger charge is -2.16. The maximum absolute atomic E-state index is 14.5. The first kappa shape index (κ1) is 26.6. The molecular weight excluding hydrogens is 495 g/mol. The van der Waals surface area contributed by atoms with Crippen molar-refractivity contribution in [3.8, 4) is 5.75 Å². The molecule has 0 bridgehead atoms. The van der Waals surface area contributed by atoms with Crippen molar-refractivity contribution in [3.63, 3.8) is 0 Å². The Hall–Kier alpha value is -3.99. The fraction of sp³-hybridized carbons (Fsp3) is 0.292. The number of Topliss-reactive ketones (excluding diaryl/α,β-unsaturated/α-hetero) is 1. The highest BCUT2D eigenvalue weighted by atomic mass is 35.5. The smallest absolute Gasteiger partial charge is 0.355 e. The summed E-state index contributed by atoms with van der Waals surface area (Å²) in [6, 6.07) is 10.6. The molecule has 0 unspecified atom stereocenters. The molecule has 0 radical (unpaired) electrons. The van der Waals surface area contributed by atoms with Crippen molar-refractivity contribution < 1.29 is 23.8 Å². The van der Waals surface area contributed by atoms with Gasteiger partial charge in [-0.2, -0.15) is 4.98 Å². The summed E-state index contributed by atoms with van der Waals surface area (Å²) >= 11 is 5.94. The third kappa shape index (κ3) is 7.01. The quantitative estimate of drug-likeness (QED) is 0.395. The highest BCUT2D eigenvalue weighted by Gasteiger charge is 2.18. The first-order chi connectivity index (χ1) is 17.0. The first-order valence-corrected chi connectivity index (χ1v) is 11.3. The maximum Gasteiger partial charge on any atom is 0.355 e. The number of aliphatic carboxylic acids is 1. The predicted molar refractivity (Wildman–Crippen MR) is 131 cm³/mol. The van der Waals surface area contributed by atoms with E-state index in [0.29, 0.717) is 15.2 Å². The van der Waals surface area contributed by atoms with Crippen LogP contribution in [0.15, 0.2) is 52.1 Å². The van der Waals surface area contributed by atoms with Gasteiger partial charge in [-0.25, -0.2) is 18.5 Å². The van der Waals surface area contributed by atoms with Gasteiger partial charge in [-0.15, -0.1) is 0 Å². The molecule has 0 aliphatic heterocycles. The Labute approximate surface area is 209 Å². The molecule has 0 atom stereocenters. The van der Waals surface area contributed by atoms with Crippen LogP contribution in [0.3, 0.4) is 0 Å². The minimum atomic E-state index is -1.18. The van der Waals surface area contributed by atoms with Gasteiger partial charge in [-0.05, 0) is 43.7 Å². The zero-order valence-corrected chi connectivity index (χ0v) is 20.3. The normalized spacial score (nSPS) is 10.9. The van der Waals surface area contributed by atoms with E-state index in [2.05, 4.69) is 10.3 Å². The van der Waals surface area contributed by atoms with Crippen LogP contribution in [0, 0.1) is 5.82 Å². The molecular formula is C24H24ClFN4O6. The first-order valence-electron chi connectivity index (χ1n) is 11.0. The van der Waals surface area contributed by atoms with Crippen molar-refractivity contribution in [2.45, 2.75) is 45.9 Å². The van der Waals surface area contributed by atoms with Crippen molar-refractivity contribution in [2.75, 3.05) is 5.32 Å². The van der Waals surface area contributed by atoms with Crippen LogP contribution in [0.4, 0.5) is 16.0 Å². The molecule has 12 heteroatoms. The van der Waals surface area contributed by atoms with E-state index in [1.165, 1.54) is 12.1 Å². The van der Waals surface area contributed by atoms with Crippen LogP contribution < -0.4 is 21.4 Å². The lowest BCUT2D eigenvalue weighted by molar-refractivity contribution is -0.138. The fourth-order valence-corrected chi connectivity index (χ4v) is 3.36. The molecule has 2 N–H and O–H groups in total. The topological polar surface area (TPSA) is 133 Å². The van der Waals surface area contributed by atoms with Crippen LogP contribution in [0.1, 0.15) is 32.3 Å². The van der Waals surface area contributed by atoms with E-state index < -0.39 is 41.9 Å². The number of ketones is 1. The number of nitrogens with zero attached hydrogens (tertiary/aromatic N) is 3. The number of halogens is 2. The summed E-state index contributed by atoms with van der Waals surface area (Å²) in [5.41, 5.74) is -1.02. The number of aromatic nitrogens is 3. The van der Waals surface area contributed by atoms with Gasteiger partial charge < -0.3 is 15.2 Å². The number of rotatable bonds is 11. The van der Waals surface area contributed by atoms with Crippen LogP contribution in [-0.4, -0.2) is 37.1 Å². The molecule has 3 aromatic rings. The number of carboxylic acids is 1. The third-order valence-corrected chi connectivity index (χ3v) is 5.16. The molecule has 10 nitrogen and oxygen atoms in total. The standard InChI is InChI=1S/C24H24ClFN4O6/c1-14(2)36-20-9-7-17(11-19(20)26)27-22-28-23(34)30(13-18(31)8-10-21(32)33)24(35)29(22)12-15-3-5-16(25)6-4-15/h3-7,9,11,14H,8,10,12-13H2,1-2H3,(H,32,33)(H,27,28,34). The van der Waals surface area contributed by atoms with E-state index >= 15 is 0 Å². The number of nitrogens with one attached hydrogen (secondary N) is 1. The van der Waals surface area contributed by atoms with Gasteiger partial charge in [0.25, 0.3) is 0 Å². The molecule has 0 amide bonds. The average Bonchev–Trinajstić information content (AvgIpc) is 2.80. The van der Waals surface area contributed by atoms with Crippen LogP contribution in [0.5, 0.6) is 5.75 Å². The maximum atomic E-state index is 14.5. The van der Waals surface area contributed by atoms with Gasteiger partial charge in [0.15, 0.2) is 17.3 Å². The number of anilines is 2. The molecule has 0 aliphatic carbocycles. The van der Waals surface area contributed by atoms with Gasteiger partial charge in [-0.1, -0.05) is 23.7 Å². The molecule has 3 rings (SSSR count). The van der Waals surface area contributed by atoms with Crippen molar-refractivity contribution in [2.24, 2.45) is 0 Å². The van der Waals surface area contributed by atoms with Crippen molar-refractivity contribution in [1.82, 2.24) is 14.1 Å². The van der Waals surface area contributed by atoms with E-state index in [4.69, 9.17) is 21.4 Å². The number of carboxylic acid groups (broad SMARTS) is 1. The van der Waals surface area contributed by atoms with Crippen molar-refractivity contribution >= 4 is 35.0 Å². The Bertz CT molecular complexity index is 1380. The van der Waals surface area contributed by atoms with Gasteiger partial charge in [-0.3, -0.25) is 14.2 Å². The van der Waals surface area contributed by atoms with Gasteiger partial charge in [0.1, 0.15) is 0 Å². The minimum Gasteiger partial charge on any atom is -0.488 e. The number of ether oxygens (including phenoxy) is 1. The number of carbonyl (C=O) groups excluding carboxylic acids is 1. The van der Waals surface area contributed by atoms with E-state index in [-0.39, 0.29) is 36.5 Å². The summed E-state index contributed by atoms with van der Waals surface area (Å²) in [6.07, 6.45) is -1.01. The molecule has 0 spiro atoms. The fourth-order valence-electron chi connectivity index (χ4n) is 3.23. The molecule has 0 saturated carbocycles. The lowest BCUT2D eigenvalue weighted by atomic mass is 10.2. The summed E-state index contributed by atoms with van der Waals surface area (Å²) < 4.78 is 21.6. The van der Waals surface area contributed by atoms with E-state index in [0.717, 1.165) is 10.6 Å². The van der Waals surface area contributed by atoms with E-state index in [1.807, 2.05) is 0 Å². The molecule has 1 aromatic heterocycles. The van der Waals surface area contributed by atoms with Gasteiger partial charge >= 0.3 is 17.3 Å². The number of carbonyl (C=O) groups is 2. The summed E-state index contributed by atoms with van der Waals surface area (Å²) in [7, 11) is 0. The molecule has 0 saturated heterocycles. The highest BCUT2D eigenvalue weighted by molar-refractivity contribution is 6.30. The molecule has 2 aromatic carbocycles. The average molecular weight is 519 g/mol. The summed E-state index contributed by atoms with van der Waals surface area (Å²) in [5, 5.41) is 12.0. The summed E-state index contributed by atoms with van der Waals surface area (Å²) in [4.78, 5) is 52.7. The van der Waals surface area contributed by atoms with E-state index in [9.17, 15) is 23.6 Å². The second-order valence-electron chi connectivity index (χ2n) is 8.17. The lowest BCUT2D eigenvalue weighted by Crippen LogP contribution is -2.44. The number of hydrogen-bond donors (Lipinski definition) is 2. The Morgan fingerprint density at radius 2 is 1.81 bits per heavy atom. The van der Waals surface area contributed by atoms with Crippen LogP contribution in [0.2, 0.25) is 5.02 Å².